The molecule has 2 N–H and O–H groups in total. The number of hydrogen-bond donors (Lipinski definition) is 2. The largest absolute Gasteiger partial charge is 0.372 e. The van der Waals surface area contributed by atoms with E-state index in [0.717, 1.165) is 6.07 Å². The Hall–Kier alpha value is -2.44. The van der Waals surface area contributed by atoms with Crippen molar-refractivity contribution in [2.24, 2.45) is 0 Å². The minimum absolute atomic E-state index is 0.0313. The van der Waals surface area contributed by atoms with E-state index in [2.05, 4.69) is 5.32 Å². The number of aliphatic hydroxyl groups is 1. The number of rotatable bonds is 4. The van der Waals surface area contributed by atoms with Crippen LogP contribution in [-0.4, -0.2) is 28.6 Å². The predicted octanol–water partition coefficient (Wildman–Crippen LogP) is 2.65. The molecule has 3 rings (SSSR count). The van der Waals surface area contributed by atoms with Gasteiger partial charge in [0.25, 0.3) is 11.8 Å². The first-order chi connectivity index (χ1) is 12.3. The van der Waals surface area contributed by atoms with Crippen LogP contribution in [-0.2, 0) is 16.1 Å². The second-order valence-corrected chi connectivity index (χ2v) is 6.82. The van der Waals surface area contributed by atoms with E-state index in [4.69, 9.17) is 11.6 Å². The molecule has 136 valence electrons. The van der Waals surface area contributed by atoms with Gasteiger partial charge >= 0.3 is 0 Å². The van der Waals surface area contributed by atoms with E-state index in [1.165, 1.54) is 17.0 Å². The molecule has 0 saturated carbocycles. The molecule has 1 aliphatic heterocycles. The number of carbonyl (C=O) groups excluding carboxylic acids is 2. The Balaban J connectivity index is 1.75. The topological polar surface area (TPSA) is 69.6 Å². The number of amides is 2. The molecule has 0 aromatic heterocycles. The molecule has 2 atom stereocenters. The Bertz CT molecular complexity index is 826. The van der Waals surface area contributed by atoms with Crippen LogP contribution in [0.3, 0.4) is 0 Å². The van der Waals surface area contributed by atoms with Gasteiger partial charge in [0.2, 0.25) is 5.60 Å². The molecule has 1 fully saturated rings. The van der Waals surface area contributed by atoms with Gasteiger partial charge in [-0.15, -0.1) is 0 Å². The van der Waals surface area contributed by atoms with Crippen LogP contribution < -0.4 is 10.2 Å². The maximum atomic E-state index is 13.4. The van der Waals surface area contributed by atoms with Crippen molar-refractivity contribution in [1.29, 1.82) is 0 Å². The van der Waals surface area contributed by atoms with Gasteiger partial charge < -0.3 is 15.3 Å². The molecule has 0 spiro atoms. The van der Waals surface area contributed by atoms with Crippen molar-refractivity contribution < 1.29 is 19.1 Å². The molecule has 0 aliphatic carbocycles. The van der Waals surface area contributed by atoms with Crippen molar-refractivity contribution in [3.8, 4) is 0 Å². The van der Waals surface area contributed by atoms with E-state index < -0.39 is 23.2 Å². The van der Waals surface area contributed by atoms with Gasteiger partial charge in [0.1, 0.15) is 5.82 Å². The highest BCUT2D eigenvalue weighted by molar-refractivity contribution is 6.30. The van der Waals surface area contributed by atoms with Crippen molar-refractivity contribution in [3.05, 3.63) is 64.9 Å². The van der Waals surface area contributed by atoms with Gasteiger partial charge in [-0.1, -0.05) is 29.8 Å². The van der Waals surface area contributed by atoms with Crippen LogP contribution >= 0.6 is 11.6 Å². The zero-order chi connectivity index (χ0) is 18.9. The molecular weight excluding hydrogens is 359 g/mol. The Kier molecular flexibility index (Phi) is 4.98. The molecule has 7 heteroatoms. The van der Waals surface area contributed by atoms with Crippen molar-refractivity contribution in [2.75, 3.05) is 4.90 Å². The molecule has 2 amide bonds. The summed E-state index contributed by atoms with van der Waals surface area (Å²) in [5, 5.41) is 13.4. The maximum absolute atomic E-state index is 13.4. The van der Waals surface area contributed by atoms with E-state index in [1.807, 2.05) is 6.07 Å². The minimum Gasteiger partial charge on any atom is -0.372 e. The molecule has 2 aromatic rings. The fraction of sp³-hybridized carbons (Fsp3) is 0.263. The molecule has 0 radical (unpaired) electrons. The predicted molar refractivity (Wildman–Crippen MR) is 96.2 cm³/mol. The number of carbonyl (C=O) groups is 2. The molecular formula is C19H18ClFN2O3. The lowest BCUT2D eigenvalue weighted by atomic mass is 9.99. The van der Waals surface area contributed by atoms with Crippen LogP contribution in [0.15, 0.2) is 48.5 Å². The highest BCUT2D eigenvalue weighted by Crippen LogP contribution is 2.33. The van der Waals surface area contributed by atoms with E-state index in [9.17, 15) is 19.1 Å². The lowest BCUT2D eigenvalue weighted by Crippen LogP contribution is -2.52. The van der Waals surface area contributed by atoms with Gasteiger partial charge in [-0.3, -0.25) is 9.59 Å². The number of anilines is 1. The summed E-state index contributed by atoms with van der Waals surface area (Å²) in [6, 6.07) is 12.4. The Morgan fingerprint density at radius 1 is 1.35 bits per heavy atom. The summed E-state index contributed by atoms with van der Waals surface area (Å²) < 4.78 is 13.4. The number of halogens is 2. The first kappa shape index (κ1) is 18.4. The maximum Gasteiger partial charge on any atom is 0.269 e. The minimum atomic E-state index is -2.16. The van der Waals surface area contributed by atoms with E-state index >= 15 is 0 Å². The molecule has 2 unspecified atom stereocenters. The van der Waals surface area contributed by atoms with Crippen LogP contribution in [0.1, 0.15) is 18.9 Å². The highest BCUT2D eigenvalue weighted by atomic mass is 35.5. The van der Waals surface area contributed by atoms with Crippen molar-refractivity contribution in [1.82, 2.24) is 5.32 Å². The highest BCUT2D eigenvalue weighted by Gasteiger charge is 2.54. The summed E-state index contributed by atoms with van der Waals surface area (Å²) in [7, 11) is 0. The molecule has 2 aromatic carbocycles. The fourth-order valence-electron chi connectivity index (χ4n) is 3.20. The summed E-state index contributed by atoms with van der Waals surface area (Å²) in [4.78, 5) is 26.7. The normalized spacial score (nSPS) is 22.5. The monoisotopic (exact) mass is 376 g/mol. The zero-order valence-electron chi connectivity index (χ0n) is 14.1. The molecule has 5 nitrogen and oxygen atoms in total. The first-order valence-corrected chi connectivity index (χ1v) is 8.53. The van der Waals surface area contributed by atoms with E-state index in [1.54, 1.807) is 31.2 Å². The van der Waals surface area contributed by atoms with E-state index in [0.29, 0.717) is 11.3 Å². The average molecular weight is 377 g/mol. The van der Waals surface area contributed by atoms with Crippen molar-refractivity contribution in [3.63, 3.8) is 0 Å². The number of hydrogen-bond acceptors (Lipinski definition) is 3. The van der Waals surface area contributed by atoms with Gasteiger partial charge in [-0.05, 0) is 42.8 Å². The van der Waals surface area contributed by atoms with Gasteiger partial charge in [0.15, 0.2) is 0 Å². The second-order valence-electron chi connectivity index (χ2n) is 6.38. The fourth-order valence-corrected chi connectivity index (χ4v) is 3.44. The van der Waals surface area contributed by atoms with Crippen LogP contribution in [0, 0.1) is 5.82 Å². The first-order valence-electron chi connectivity index (χ1n) is 8.15. The van der Waals surface area contributed by atoms with Crippen molar-refractivity contribution in [2.45, 2.75) is 31.5 Å². The summed E-state index contributed by atoms with van der Waals surface area (Å²) in [5.41, 5.74) is -1.11. The summed E-state index contributed by atoms with van der Waals surface area (Å²) in [5.74, 6) is -2.01. The zero-order valence-corrected chi connectivity index (χ0v) is 14.8. The number of nitrogens with one attached hydrogen (secondary N) is 1. The van der Waals surface area contributed by atoms with Crippen molar-refractivity contribution >= 4 is 29.1 Å². The third-order valence-corrected chi connectivity index (χ3v) is 4.61. The van der Waals surface area contributed by atoms with Gasteiger partial charge in [0, 0.05) is 29.7 Å². The molecule has 26 heavy (non-hydrogen) atoms. The SMILES string of the molecule is CC1CC(O)(C(=O)NCc2cc(F)cc(Cl)c2)C(=O)N1c1ccccc1. The summed E-state index contributed by atoms with van der Waals surface area (Å²) in [6.45, 7) is 1.72. The lowest BCUT2D eigenvalue weighted by molar-refractivity contribution is -0.149. The second kappa shape index (κ2) is 7.05. The Morgan fingerprint density at radius 3 is 2.69 bits per heavy atom. The van der Waals surface area contributed by atoms with E-state index in [-0.39, 0.29) is 24.0 Å². The Morgan fingerprint density at radius 2 is 2.04 bits per heavy atom. The number of benzene rings is 2. The molecule has 1 saturated heterocycles. The third-order valence-electron chi connectivity index (χ3n) is 4.39. The quantitative estimate of drug-likeness (QED) is 0.806. The van der Waals surface area contributed by atoms with Crippen LogP contribution in [0.25, 0.3) is 0 Å². The third kappa shape index (κ3) is 3.43. The number of para-hydroxylation sites is 1. The van der Waals surface area contributed by atoms with Crippen LogP contribution in [0.4, 0.5) is 10.1 Å². The number of nitrogens with zero attached hydrogens (tertiary/aromatic N) is 1. The van der Waals surface area contributed by atoms with Crippen LogP contribution in [0.5, 0.6) is 0 Å². The lowest BCUT2D eigenvalue weighted by Gasteiger charge is -2.23. The molecule has 0 bridgehead atoms. The standard InChI is InChI=1S/C19H18ClFN2O3/c1-12-10-19(26,18(25)23(12)16-5-3-2-4-6-16)17(24)22-11-13-7-14(20)9-15(21)8-13/h2-9,12,26H,10-11H2,1H3,(H,22,24). The average Bonchev–Trinajstić information content (AvgIpc) is 2.82. The molecule has 1 heterocycles. The summed E-state index contributed by atoms with van der Waals surface area (Å²) >= 11 is 5.79. The molecule has 1 aliphatic rings. The Labute approximate surface area is 155 Å². The van der Waals surface area contributed by atoms with Crippen LogP contribution in [0.2, 0.25) is 5.02 Å². The smallest absolute Gasteiger partial charge is 0.269 e. The van der Waals surface area contributed by atoms with Gasteiger partial charge in [0.05, 0.1) is 0 Å². The summed E-state index contributed by atoms with van der Waals surface area (Å²) in [6.07, 6.45) is -0.0313. The van der Waals surface area contributed by atoms with Gasteiger partial charge in [-0.2, -0.15) is 0 Å². The van der Waals surface area contributed by atoms with Gasteiger partial charge in [-0.25, -0.2) is 4.39 Å².